The van der Waals surface area contributed by atoms with Crippen molar-refractivity contribution in [1.29, 1.82) is 0 Å². The predicted octanol–water partition coefficient (Wildman–Crippen LogP) is 4.65. The number of alkyl carbamates (subject to hydrolysis) is 1. The average molecular weight is 479 g/mol. The van der Waals surface area contributed by atoms with Crippen LogP contribution in [0.15, 0.2) is 48.5 Å². The van der Waals surface area contributed by atoms with Crippen LogP contribution in [-0.4, -0.2) is 53.2 Å². The molecule has 2 aromatic carbocycles. The van der Waals surface area contributed by atoms with Crippen molar-refractivity contribution in [3.8, 4) is 11.1 Å². The number of carboxylic acids is 1. The van der Waals surface area contributed by atoms with Gasteiger partial charge in [0.05, 0.1) is 0 Å². The molecule has 7 nitrogen and oxygen atoms in total. The molecule has 4 atom stereocenters. The van der Waals surface area contributed by atoms with Gasteiger partial charge in [0.15, 0.2) is 0 Å². The van der Waals surface area contributed by atoms with Crippen molar-refractivity contribution in [2.45, 2.75) is 58.0 Å². The Labute approximate surface area is 206 Å². The van der Waals surface area contributed by atoms with E-state index in [0.717, 1.165) is 17.5 Å². The zero-order valence-electron chi connectivity index (χ0n) is 20.6. The molecular weight excluding hydrogens is 444 g/mol. The van der Waals surface area contributed by atoms with Crippen LogP contribution in [0, 0.1) is 11.8 Å². The van der Waals surface area contributed by atoms with E-state index in [-0.39, 0.29) is 42.7 Å². The predicted molar refractivity (Wildman–Crippen MR) is 133 cm³/mol. The quantitative estimate of drug-likeness (QED) is 0.604. The summed E-state index contributed by atoms with van der Waals surface area (Å²) in [4.78, 5) is 38.6. The van der Waals surface area contributed by atoms with Gasteiger partial charge in [-0.25, -0.2) is 9.59 Å². The maximum atomic E-state index is 12.8. The molecule has 0 bridgehead atoms. The normalized spacial score (nSPS) is 22.1. The Morgan fingerprint density at radius 2 is 1.66 bits per heavy atom. The summed E-state index contributed by atoms with van der Waals surface area (Å²) >= 11 is 0. The molecule has 0 saturated carbocycles. The molecule has 4 rings (SSSR count). The molecular formula is C28H34N2O5. The lowest BCUT2D eigenvalue weighted by Crippen LogP contribution is -2.54. The smallest absolute Gasteiger partial charge is 0.407 e. The molecule has 1 fully saturated rings. The summed E-state index contributed by atoms with van der Waals surface area (Å²) in [6, 6.07) is 15.3. The van der Waals surface area contributed by atoms with E-state index in [1.165, 1.54) is 16.0 Å². The number of likely N-dealkylation sites (tertiary alicyclic amines) is 1. The van der Waals surface area contributed by atoms with Gasteiger partial charge in [0.2, 0.25) is 5.91 Å². The number of amides is 2. The highest BCUT2D eigenvalue weighted by Gasteiger charge is 2.39. The first kappa shape index (κ1) is 24.8. The number of ether oxygens (including phenoxy) is 1. The Bertz CT molecular complexity index is 1050. The van der Waals surface area contributed by atoms with E-state index < -0.39 is 18.1 Å². The zero-order valence-corrected chi connectivity index (χ0v) is 20.6. The van der Waals surface area contributed by atoms with Crippen molar-refractivity contribution in [1.82, 2.24) is 10.2 Å². The second-order valence-corrected chi connectivity index (χ2v) is 10.1. The lowest BCUT2D eigenvalue weighted by molar-refractivity contribution is -0.156. The number of carbonyl (C=O) groups excluding carboxylic acids is 2. The number of hydrogen-bond acceptors (Lipinski definition) is 4. The number of benzene rings is 2. The third kappa shape index (κ3) is 5.34. The van der Waals surface area contributed by atoms with Gasteiger partial charge in [0, 0.05) is 24.9 Å². The molecule has 2 N–H and O–H groups in total. The van der Waals surface area contributed by atoms with Gasteiger partial charge in [-0.1, -0.05) is 62.4 Å². The van der Waals surface area contributed by atoms with Gasteiger partial charge in [-0.05, 0) is 53.9 Å². The first-order valence-electron chi connectivity index (χ1n) is 12.4. The molecule has 2 aliphatic rings. The molecule has 1 aliphatic heterocycles. The zero-order chi connectivity index (χ0) is 25.1. The van der Waals surface area contributed by atoms with Gasteiger partial charge in [0.25, 0.3) is 0 Å². The molecule has 4 unspecified atom stereocenters. The third-order valence-corrected chi connectivity index (χ3v) is 7.23. The number of rotatable bonds is 7. The van der Waals surface area contributed by atoms with Crippen LogP contribution in [0.1, 0.15) is 57.1 Å². The maximum Gasteiger partial charge on any atom is 0.407 e. The Morgan fingerprint density at radius 1 is 1.06 bits per heavy atom. The van der Waals surface area contributed by atoms with E-state index in [2.05, 4.69) is 29.6 Å². The lowest BCUT2D eigenvalue weighted by Gasteiger charge is -2.40. The SMILES string of the molecule is CC1CC(C)C(C(=O)O)N(C(=O)CCC(C)NC(=O)OCC2c3ccccc3-c3ccccc32)C1. The van der Waals surface area contributed by atoms with Crippen LogP contribution in [-0.2, 0) is 14.3 Å². The molecule has 1 saturated heterocycles. The van der Waals surface area contributed by atoms with Crippen molar-refractivity contribution in [2.24, 2.45) is 11.8 Å². The molecule has 0 radical (unpaired) electrons. The van der Waals surface area contributed by atoms with Crippen molar-refractivity contribution in [3.63, 3.8) is 0 Å². The lowest BCUT2D eigenvalue weighted by atomic mass is 9.85. The first-order valence-corrected chi connectivity index (χ1v) is 12.4. The molecule has 1 heterocycles. The summed E-state index contributed by atoms with van der Waals surface area (Å²) in [5.41, 5.74) is 4.64. The summed E-state index contributed by atoms with van der Waals surface area (Å²) in [5, 5.41) is 12.4. The van der Waals surface area contributed by atoms with Gasteiger partial charge >= 0.3 is 12.1 Å². The first-order chi connectivity index (χ1) is 16.8. The van der Waals surface area contributed by atoms with Crippen LogP contribution < -0.4 is 5.32 Å². The minimum atomic E-state index is -0.956. The van der Waals surface area contributed by atoms with Crippen molar-refractivity contribution in [2.75, 3.05) is 13.2 Å². The standard InChI is InChI=1S/C28H34N2O5/c1-17-14-18(2)26(27(32)33)30(15-17)25(31)13-12-19(3)29-28(34)35-16-24-22-10-6-4-8-20(22)21-9-5-7-11-23(21)24/h4-11,17-19,24,26H,12-16H2,1-3H3,(H,29,34)(H,32,33). The number of aliphatic carboxylic acids is 1. The minimum absolute atomic E-state index is 0.0129. The molecule has 2 amide bonds. The number of nitrogens with one attached hydrogen (secondary N) is 1. The monoisotopic (exact) mass is 478 g/mol. The number of fused-ring (bicyclic) bond motifs is 3. The molecule has 35 heavy (non-hydrogen) atoms. The summed E-state index contributed by atoms with van der Waals surface area (Å²) in [6.45, 7) is 6.43. The molecule has 0 spiro atoms. The highest BCUT2D eigenvalue weighted by atomic mass is 16.5. The maximum absolute atomic E-state index is 12.8. The summed E-state index contributed by atoms with van der Waals surface area (Å²) in [5.74, 6) is -0.974. The van der Waals surface area contributed by atoms with Crippen LogP contribution in [0.4, 0.5) is 4.79 Å². The van der Waals surface area contributed by atoms with Crippen LogP contribution in [0.5, 0.6) is 0 Å². The van der Waals surface area contributed by atoms with Gasteiger partial charge < -0.3 is 20.1 Å². The Kier molecular flexibility index (Phi) is 7.43. The molecule has 186 valence electrons. The number of hydrogen-bond donors (Lipinski definition) is 2. The van der Waals surface area contributed by atoms with E-state index in [4.69, 9.17) is 4.74 Å². The molecule has 7 heteroatoms. The second kappa shape index (κ2) is 10.5. The highest BCUT2D eigenvalue weighted by Crippen LogP contribution is 2.44. The highest BCUT2D eigenvalue weighted by molar-refractivity contribution is 5.84. The van der Waals surface area contributed by atoms with Crippen LogP contribution in [0.25, 0.3) is 11.1 Å². The Balaban J connectivity index is 1.29. The van der Waals surface area contributed by atoms with Crippen molar-refractivity contribution >= 4 is 18.0 Å². The number of nitrogens with zero attached hydrogens (tertiary/aromatic N) is 1. The minimum Gasteiger partial charge on any atom is -0.480 e. The molecule has 2 aromatic rings. The number of carbonyl (C=O) groups is 3. The number of carboxylic acid groups (broad SMARTS) is 1. The molecule has 1 aliphatic carbocycles. The Morgan fingerprint density at radius 3 is 2.26 bits per heavy atom. The van der Waals surface area contributed by atoms with E-state index in [1.54, 1.807) is 0 Å². The van der Waals surface area contributed by atoms with Crippen molar-refractivity contribution < 1.29 is 24.2 Å². The number of piperidine rings is 1. The van der Waals surface area contributed by atoms with Crippen molar-refractivity contribution in [3.05, 3.63) is 59.7 Å². The van der Waals surface area contributed by atoms with Gasteiger partial charge in [-0.3, -0.25) is 4.79 Å². The topological polar surface area (TPSA) is 95.9 Å². The summed E-state index contributed by atoms with van der Waals surface area (Å²) in [7, 11) is 0. The summed E-state index contributed by atoms with van der Waals surface area (Å²) in [6.07, 6.45) is 0.860. The average Bonchev–Trinajstić information content (AvgIpc) is 3.14. The van der Waals surface area contributed by atoms with E-state index in [9.17, 15) is 19.5 Å². The van der Waals surface area contributed by atoms with E-state index >= 15 is 0 Å². The fourth-order valence-electron chi connectivity index (χ4n) is 5.63. The van der Waals surface area contributed by atoms with Crippen LogP contribution in [0.3, 0.4) is 0 Å². The second-order valence-electron chi connectivity index (χ2n) is 10.1. The van der Waals surface area contributed by atoms with Crippen LogP contribution in [0.2, 0.25) is 0 Å². The van der Waals surface area contributed by atoms with Gasteiger partial charge in [-0.15, -0.1) is 0 Å². The Hall–Kier alpha value is -3.35. The third-order valence-electron chi connectivity index (χ3n) is 7.23. The fourth-order valence-corrected chi connectivity index (χ4v) is 5.63. The fraction of sp³-hybridized carbons (Fsp3) is 0.464. The largest absolute Gasteiger partial charge is 0.480 e. The van der Waals surface area contributed by atoms with Crippen LogP contribution >= 0.6 is 0 Å². The van der Waals surface area contributed by atoms with E-state index in [1.807, 2.05) is 45.0 Å². The van der Waals surface area contributed by atoms with Gasteiger partial charge in [-0.2, -0.15) is 0 Å². The summed E-state index contributed by atoms with van der Waals surface area (Å²) < 4.78 is 5.59. The molecule has 0 aromatic heterocycles. The van der Waals surface area contributed by atoms with Gasteiger partial charge in [0.1, 0.15) is 12.6 Å². The van der Waals surface area contributed by atoms with E-state index in [0.29, 0.717) is 13.0 Å².